The van der Waals surface area contributed by atoms with Crippen molar-refractivity contribution in [3.63, 3.8) is 0 Å². The monoisotopic (exact) mass is 286 g/mol. The van der Waals surface area contributed by atoms with Gasteiger partial charge in [-0.3, -0.25) is 4.79 Å². The van der Waals surface area contributed by atoms with Crippen molar-refractivity contribution in [3.05, 3.63) is 72.0 Å². The Hall–Kier alpha value is -2.17. The van der Waals surface area contributed by atoms with Gasteiger partial charge in [0.05, 0.1) is 6.61 Å². The summed E-state index contributed by atoms with van der Waals surface area (Å²) in [4.78, 5) is 11.9. The van der Waals surface area contributed by atoms with Crippen LogP contribution in [-0.4, -0.2) is 34.8 Å². The molecule has 21 heavy (non-hydrogen) atoms. The number of aliphatic hydroxyl groups excluding tert-OH is 1. The van der Waals surface area contributed by atoms with Gasteiger partial charge in [0.2, 0.25) is 0 Å². The van der Waals surface area contributed by atoms with Crippen molar-refractivity contribution in [3.8, 4) is 0 Å². The van der Waals surface area contributed by atoms with E-state index in [1.165, 1.54) is 12.2 Å². The van der Waals surface area contributed by atoms with Crippen molar-refractivity contribution in [2.75, 3.05) is 13.2 Å². The number of allylic oxidation sites excluding steroid dienone is 2. The summed E-state index contributed by atoms with van der Waals surface area (Å²) in [5.74, 6) is 0.459. The average molecular weight is 286 g/mol. The predicted octanol–water partition coefficient (Wildman–Crippen LogP) is 2.01. The number of carbonyl (C=O) groups is 1. The minimum Gasteiger partial charge on any atom is -0.492 e. The Morgan fingerprint density at radius 3 is 2.71 bits per heavy atom. The molecule has 2 N–H and O–H groups in total. The van der Waals surface area contributed by atoms with Gasteiger partial charge in [0.25, 0.3) is 0 Å². The van der Waals surface area contributed by atoms with E-state index in [1.54, 1.807) is 42.5 Å². The normalized spacial score (nSPS) is 21.3. The third-order valence-corrected chi connectivity index (χ3v) is 3.11. The van der Waals surface area contributed by atoms with E-state index in [4.69, 9.17) is 9.84 Å². The summed E-state index contributed by atoms with van der Waals surface area (Å²) in [5, 5.41) is 19.0. The lowest BCUT2D eigenvalue weighted by atomic mass is 9.93. The minimum absolute atomic E-state index is 0.0546. The van der Waals surface area contributed by atoms with Crippen molar-refractivity contribution in [1.29, 1.82) is 0 Å². The zero-order chi connectivity index (χ0) is 15.1. The molecule has 0 aliphatic heterocycles. The molecule has 1 unspecified atom stereocenters. The Bertz CT molecular complexity index is 572. The van der Waals surface area contributed by atoms with Crippen LogP contribution in [0, 0.1) is 0 Å². The largest absolute Gasteiger partial charge is 0.492 e. The number of ether oxygens (including phenoxy) is 1. The van der Waals surface area contributed by atoms with Crippen molar-refractivity contribution in [2.24, 2.45) is 0 Å². The maximum atomic E-state index is 11.9. The molecule has 2 rings (SSSR count). The highest BCUT2D eigenvalue weighted by molar-refractivity contribution is 6.04. The zero-order valence-corrected chi connectivity index (χ0v) is 11.6. The summed E-state index contributed by atoms with van der Waals surface area (Å²) in [5.41, 5.74) is -0.601. The summed E-state index contributed by atoms with van der Waals surface area (Å²) in [7, 11) is 0. The predicted molar refractivity (Wildman–Crippen MR) is 79.7 cm³/mol. The smallest absolute Gasteiger partial charge is 0.185 e. The van der Waals surface area contributed by atoms with Crippen molar-refractivity contribution in [1.82, 2.24) is 0 Å². The Labute approximate surface area is 123 Å². The van der Waals surface area contributed by atoms with Crippen LogP contribution in [-0.2, 0) is 4.74 Å². The van der Waals surface area contributed by atoms with E-state index in [-0.39, 0.29) is 19.0 Å². The molecule has 0 amide bonds. The quantitative estimate of drug-likeness (QED) is 0.620. The van der Waals surface area contributed by atoms with Gasteiger partial charge in [0, 0.05) is 12.0 Å². The first-order chi connectivity index (χ1) is 10.1. The van der Waals surface area contributed by atoms with E-state index < -0.39 is 5.60 Å². The molecule has 1 aliphatic carbocycles. The van der Waals surface area contributed by atoms with Crippen LogP contribution in [0.4, 0.5) is 0 Å². The molecule has 0 bridgehead atoms. The van der Waals surface area contributed by atoms with Gasteiger partial charge in [0.15, 0.2) is 5.78 Å². The third-order valence-electron chi connectivity index (χ3n) is 3.11. The van der Waals surface area contributed by atoms with Crippen LogP contribution in [0.15, 0.2) is 66.5 Å². The lowest BCUT2D eigenvalue weighted by molar-refractivity contribution is 0.103. The summed E-state index contributed by atoms with van der Waals surface area (Å²) in [6.45, 7) is 0.165. The Balaban J connectivity index is 1.97. The summed E-state index contributed by atoms with van der Waals surface area (Å²) in [6, 6.07) is 8.90. The van der Waals surface area contributed by atoms with Gasteiger partial charge < -0.3 is 14.9 Å². The number of carbonyl (C=O) groups excluding carboxylic acids is 1. The van der Waals surface area contributed by atoms with E-state index in [0.717, 1.165) is 0 Å². The van der Waals surface area contributed by atoms with Gasteiger partial charge in [-0.15, -0.1) is 0 Å². The van der Waals surface area contributed by atoms with Crippen molar-refractivity contribution >= 4 is 5.78 Å². The molecule has 4 heteroatoms. The molecular formula is C17H18O4. The van der Waals surface area contributed by atoms with E-state index in [1.807, 2.05) is 6.07 Å². The fourth-order valence-electron chi connectivity index (χ4n) is 1.94. The number of rotatable bonds is 6. The van der Waals surface area contributed by atoms with E-state index >= 15 is 0 Å². The van der Waals surface area contributed by atoms with Gasteiger partial charge in [-0.05, 0) is 30.4 Å². The van der Waals surface area contributed by atoms with Gasteiger partial charge in [-0.2, -0.15) is 0 Å². The van der Waals surface area contributed by atoms with Crippen molar-refractivity contribution < 1.29 is 19.7 Å². The number of hydrogen-bond donors (Lipinski definition) is 2. The first kappa shape index (κ1) is 15.2. The standard InChI is InChI=1S/C17H18O4/c18-12-13-21-15-6-9-17(20,10-7-15)11-8-16(19)14-4-2-1-3-5-14/h1-9,11,18,20H,10,12-13H2. The second-order valence-corrected chi connectivity index (χ2v) is 4.77. The second kappa shape index (κ2) is 7.02. The van der Waals surface area contributed by atoms with Crippen LogP contribution in [0.5, 0.6) is 0 Å². The van der Waals surface area contributed by atoms with Crippen LogP contribution >= 0.6 is 0 Å². The summed E-state index contributed by atoms with van der Waals surface area (Å²) in [6.07, 6.45) is 8.13. The lowest BCUT2D eigenvalue weighted by Gasteiger charge is -2.22. The fourth-order valence-corrected chi connectivity index (χ4v) is 1.94. The van der Waals surface area contributed by atoms with Gasteiger partial charge in [0.1, 0.15) is 18.0 Å². The molecule has 4 nitrogen and oxygen atoms in total. The number of benzene rings is 1. The number of aliphatic hydroxyl groups is 2. The topological polar surface area (TPSA) is 66.8 Å². The Morgan fingerprint density at radius 2 is 2.10 bits per heavy atom. The highest BCUT2D eigenvalue weighted by Crippen LogP contribution is 2.23. The van der Waals surface area contributed by atoms with E-state index in [0.29, 0.717) is 17.7 Å². The number of hydrogen-bond acceptors (Lipinski definition) is 4. The molecule has 1 aromatic carbocycles. The Morgan fingerprint density at radius 1 is 1.33 bits per heavy atom. The van der Waals surface area contributed by atoms with Crippen LogP contribution in [0.2, 0.25) is 0 Å². The molecule has 110 valence electrons. The van der Waals surface area contributed by atoms with Crippen LogP contribution in [0.3, 0.4) is 0 Å². The lowest BCUT2D eigenvalue weighted by Crippen LogP contribution is -2.24. The molecule has 0 saturated carbocycles. The van der Waals surface area contributed by atoms with Gasteiger partial charge in [-0.25, -0.2) is 0 Å². The third kappa shape index (κ3) is 4.41. The van der Waals surface area contributed by atoms with Crippen LogP contribution < -0.4 is 0 Å². The molecule has 0 aromatic heterocycles. The molecule has 0 heterocycles. The molecule has 1 aromatic rings. The van der Waals surface area contributed by atoms with E-state index in [2.05, 4.69) is 0 Å². The molecule has 1 atom stereocenters. The SMILES string of the molecule is O=C(C=CC1(O)C=CC(OCCO)=CC1)c1ccccc1. The fraction of sp³-hybridized carbons (Fsp3) is 0.235. The molecule has 0 radical (unpaired) electrons. The summed E-state index contributed by atoms with van der Waals surface area (Å²) < 4.78 is 5.24. The molecule has 1 aliphatic rings. The summed E-state index contributed by atoms with van der Waals surface area (Å²) >= 11 is 0. The Kier molecular flexibility index (Phi) is 5.09. The van der Waals surface area contributed by atoms with Crippen LogP contribution in [0.1, 0.15) is 16.8 Å². The van der Waals surface area contributed by atoms with Crippen molar-refractivity contribution in [2.45, 2.75) is 12.0 Å². The maximum Gasteiger partial charge on any atom is 0.185 e. The van der Waals surface area contributed by atoms with Crippen LogP contribution in [0.25, 0.3) is 0 Å². The first-order valence-electron chi connectivity index (χ1n) is 6.77. The average Bonchev–Trinajstić information content (AvgIpc) is 2.53. The van der Waals surface area contributed by atoms with E-state index in [9.17, 15) is 9.90 Å². The van der Waals surface area contributed by atoms with Gasteiger partial charge >= 0.3 is 0 Å². The number of ketones is 1. The highest BCUT2D eigenvalue weighted by Gasteiger charge is 2.22. The van der Waals surface area contributed by atoms with Gasteiger partial charge in [-0.1, -0.05) is 30.3 Å². The second-order valence-electron chi connectivity index (χ2n) is 4.77. The molecule has 0 fully saturated rings. The maximum absolute atomic E-state index is 11.9. The highest BCUT2D eigenvalue weighted by atomic mass is 16.5. The minimum atomic E-state index is -1.18. The first-order valence-corrected chi connectivity index (χ1v) is 6.77. The molecule has 0 saturated heterocycles. The molecule has 0 spiro atoms. The zero-order valence-electron chi connectivity index (χ0n) is 11.6. The molecular weight excluding hydrogens is 268 g/mol.